The summed E-state index contributed by atoms with van der Waals surface area (Å²) in [7, 11) is 0. The molecule has 0 aromatic carbocycles. The second-order valence-corrected chi connectivity index (χ2v) is 4.70. The molecular weight excluding hydrogens is 162 g/mol. The van der Waals surface area contributed by atoms with Gasteiger partial charge in [0.05, 0.1) is 6.10 Å². The molecular formula is C11H21NO. The summed E-state index contributed by atoms with van der Waals surface area (Å²) >= 11 is 0. The Hall–Kier alpha value is -0.0800. The van der Waals surface area contributed by atoms with Crippen molar-refractivity contribution in [2.75, 3.05) is 19.6 Å². The lowest BCUT2D eigenvalue weighted by molar-refractivity contribution is 0.0953. The number of aliphatic hydroxyl groups excluding tert-OH is 1. The first-order valence-corrected chi connectivity index (χ1v) is 5.70. The van der Waals surface area contributed by atoms with E-state index >= 15 is 0 Å². The van der Waals surface area contributed by atoms with Gasteiger partial charge in [-0.3, -0.25) is 0 Å². The van der Waals surface area contributed by atoms with Crippen molar-refractivity contribution < 1.29 is 5.11 Å². The van der Waals surface area contributed by atoms with Gasteiger partial charge in [-0.2, -0.15) is 0 Å². The van der Waals surface area contributed by atoms with Crippen LogP contribution in [0.1, 0.15) is 32.6 Å². The van der Waals surface area contributed by atoms with Gasteiger partial charge in [0, 0.05) is 13.1 Å². The molecule has 2 aliphatic carbocycles. The van der Waals surface area contributed by atoms with Gasteiger partial charge in [0.1, 0.15) is 0 Å². The van der Waals surface area contributed by atoms with E-state index in [4.69, 9.17) is 0 Å². The highest BCUT2D eigenvalue weighted by molar-refractivity contribution is 4.84. The third kappa shape index (κ3) is 2.96. The van der Waals surface area contributed by atoms with Crippen molar-refractivity contribution in [2.45, 2.75) is 38.7 Å². The lowest BCUT2D eigenvalue weighted by Gasteiger charge is -2.23. The van der Waals surface area contributed by atoms with Crippen LogP contribution in [0.25, 0.3) is 0 Å². The van der Waals surface area contributed by atoms with Gasteiger partial charge in [-0.1, -0.05) is 6.92 Å². The van der Waals surface area contributed by atoms with Crippen LogP contribution in [0.5, 0.6) is 0 Å². The largest absolute Gasteiger partial charge is 0.392 e. The minimum absolute atomic E-state index is 0.0429. The van der Waals surface area contributed by atoms with Crippen LogP contribution in [0, 0.1) is 11.8 Å². The van der Waals surface area contributed by atoms with E-state index in [1.165, 1.54) is 32.2 Å². The summed E-state index contributed by atoms with van der Waals surface area (Å²) < 4.78 is 0. The van der Waals surface area contributed by atoms with E-state index in [0.717, 1.165) is 19.0 Å². The Balaban J connectivity index is 1.68. The first-order valence-electron chi connectivity index (χ1n) is 5.70. The van der Waals surface area contributed by atoms with Crippen molar-refractivity contribution in [3.05, 3.63) is 0 Å². The van der Waals surface area contributed by atoms with Crippen molar-refractivity contribution in [1.82, 2.24) is 4.90 Å². The SMILES string of the molecule is CCN(CC1CC1)CC(O)C1CC1. The number of hydrogen-bond donors (Lipinski definition) is 1. The van der Waals surface area contributed by atoms with E-state index < -0.39 is 0 Å². The van der Waals surface area contributed by atoms with Crippen molar-refractivity contribution >= 4 is 0 Å². The van der Waals surface area contributed by atoms with Crippen LogP contribution in [-0.2, 0) is 0 Å². The number of likely N-dealkylation sites (N-methyl/N-ethyl adjacent to an activating group) is 1. The second-order valence-electron chi connectivity index (χ2n) is 4.70. The Morgan fingerprint density at radius 3 is 2.46 bits per heavy atom. The standard InChI is InChI=1S/C11H21NO/c1-2-12(7-9-3-4-9)8-11(13)10-5-6-10/h9-11,13H,2-8H2,1H3. The molecule has 0 radical (unpaired) electrons. The summed E-state index contributed by atoms with van der Waals surface area (Å²) in [5.41, 5.74) is 0. The maximum Gasteiger partial charge on any atom is 0.0695 e. The van der Waals surface area contributed by atoms with E-state index in [-0.39, 0.29) is 6.10 Å². The summed E-state index contributed by atoms with van der Waals surface area (Å²) in [5, 5.41) is 9.78. The molecule has 2 saturated carbocycles. The highest BCUT2D eigenvalue weighted by Gasteiger charge is 2.32. The predicted octanol–water partition coefficient (Wildman–Crippen LogP) is 1.49. The van der Waals surface area contributed by atoms with E-state index in [9.17, 15) is 5.11 Å². The van der Waals surface area contributed by atoms with Crippen molar-refractivity contribution in [1.29, 1.82) is 0 Å². The Labute approximate surface area is 80.9 Å². The second kappa shape index (κ2) is 3.97. The molecule has 0 spiro atoms. The monoisotopic (exact) mass is 183 g/mol. The Bertz CT molecular complexity index is 163. The molecule has 2 heteroatoms. The first kappa shape index (κ1) is 9.47. The van der Waals surface area contributed by atoms with Gasteiger partial charge in [0.2, 0.25) is 0 Å². The molecule has 76 valence electrons. The summed E-state index contributed by atoms with van der Waals surface area (Å²) in [5.74, 6) is 1.58. The molecule has 13 heavy (non-hydrogen) atoms. The zero-order valence-corrected chi connectivity index (χ0v) is 8.58. The molecule has 2 fully saturated rings. The lowest BCUT2D eigenvalue weighted by Crippen LogP contribution is -2.34. The van der Waals surface area contributed by atoms with E-state index in [0.29, 0.717) is 5.92 Å². The van der Waals surface area contributed by atoms with E-state index in [2.05, 4.69) is 11.8 Å². The molecule has 1 N–H and O–H groups in total. The fourth-order valence-corrected chi connectivity index (χ4v) is 1.89. The molecule has 0 aromatic rings. The molecule has 2 aliphatic rings. The minimum Gasteiger partial charge on any atom is -0.392 e. The fraction of sp³-hybridized carbons (Fsp3) is 1.00. The van der Waals surface area contributed by atoms with Gasteiger partial charge in [-0.15, -0.1) is 0 Å². The molecule has 1 atom stereocenters. The zero-order chi connectivity index (χ0) is 9.26. The quantitative estimate of drug-likeness (QED) is 0.674. The van der Waals surface area contributed by atoms with Crippen LogP contribution < -0.4 is 0 Å². The average molecular weight is 183 g/mol. The van der Waals surface area contributed by atoms with Crippen LogP contribution in [0.2, 0.25) is 0 Å². The van der Waals surface area contributed by atoms with Crippen molar-refractivity contribution in [2.24, 2.45) is 11.8 Å². The van der Waals surface area contributed by atoms with Gasteiger partial charge in [0.15, 0.2) is 0 Å². The van der Waals surface area contributed by atoms with Crippen molar-refractivity contribution in [3.63, 3.8) is 0 Å². The molecule has 0 bridgehead atoms. The number of hydrogen-bond acceptors (Lipinski definition) is 2. The summed E-state index contributed by atoms with van der Waals surface area (Å²) in [6.45, 7) is 5.43. The van der Waals surface area contributed by atoms with E-state index in [1.54, 1.807) is 0 Å². The van der Waals surface area contributed by atoms with Crippen LogP contribution in [0.4, 0.5) is 0 Å². The van der Waals surface area contributed by atoms with Crippen LogP contribution in [0.3, 0.4) is 0 Å². The van der Waals surface area contributed by atoms with Gasteiger partial charge >= 0.3 is 0 Å². The summed E-state index contributed by atoms with van der Waals surface area (Å²) in [4.78, 5) is 2.42. The Morgan fingerprint density at radius 1 is 1.31 bits per heavy atom. The molecule has 0 amide bonds. The van der Waals surface area contributed by atoms with Gasteiger partial charge in [-0.05, 0) is 44.1 Å². The molecule has 0 aromatic heterocycles. The molecule has 2 rings (SSSR count). The van der Waals surface area contributed by atoms with Gasteiger partial charge in [-0.25, -0.2) is 0 Å². The lowest BCUT2D eigenvalue weighted by atomic mass is 10.2. The van der Waals surface area contributed by atoms with Crippen LogP contribution in [0.15, 0.2) is 0 Å². The molecule has 0 aliphatic heterocycles. The zero-order valence-electron chi connectivity index (χ0n) is 8.58. The number of nitrogens with zero attached hydrogens (tertiary/aromatic N) is 1. The highest BCUT2D eigenvalue weighted by atomic mass is 16.3. The summed E-state index contributed by atoms with van der Waals surface area (Å²) in [6.07, 6.45) is 5.29. The first-order chi connectivity index (χ1) is 6.29. The Morgan fingerprint density at radius 2 is 2.00 bits per heavy atom. The minimum atomic E-state index is -0.0429. The average Bonchev–Trinajstić information content (AvgIpc) is 2.96. The predicted molar refractivity (Wildman–Crippen MR) is 53.6 cm³/mol. The summed E-state index contributed by atoms with van der Waals surface area (Å²) in [6, 6.07) is 0. The van der Waals surface area contributed by atoms with Crippen LogP contribution in [-0.4, -0.2) is 35.7 Å². The maximum atomic E-state index is 9.78. The normalized spacial score (nSPS) is 25.2. The Kier molecular flexibility index (Phi) is 2.89. The number of rotatable bonds is 6. The fourth-order valence-electron chi connectivity index (χ4n) is 1.89. The van der Waals surface area contributed by atoms with E-state index in [1.807, 2.05) is 0 Å². The number of aliphatic hydroxyl groups is 1. The van der Waals surface area contributed by atoms with Gasteiger partial charge in [0.25, 0.3) is 0 Å². The third-order valence-electron chi connectivity index (χ3n) is 3.27. The molecule has 2 nitrogen and oxygen atoms in total. The topological polar surface area (TPSA) is 23.5 Å². The maximum absolute atomic E-state index is 9.78. The molecule has 0 heterocycles. The van der Waals surface area contributed by atoms with Crippen molar-refractivity contribution in [3.8, 4) is 0 Å². The van der Waals surface area contributed by atoms with Gasteiger partial charge < -0.3 is 10.0 Å². The third-order valence-corrected chi connectivity index (χ3v) is 3.27. The van der Waals surface area contributed by atoms with Crippen LogP contribution >= 0.6 is 0 Å². The molecule has 1 unspecified atom stereocenters. The highest BCUT2D eigenvalue weighted by Crippen LogP contribution is 2.34. The smallest absolute Gasteiger partial charge is 0.0695 e. The molecule has 0 saturated heterocycles.